The van der Waals surface area contributed by atoms with Gasteiger partial charge in [0.25, 0.3) is 5.69 Å². The fourth-order valence-corrected chi connectivity index (χ4v) is 1.69. The van der Waals surface area contributed by atoms with Crippen molar-refractivity contribution < 1.29 is 14.1 Å². The standard InChI is InChI=1S/C14H11NO4/c1-10-4-5-11(9-13(10)15(17)18)14-7-6-12(19-14)3-2-8-16/h2-9H,1H3/b3-2+. The van der Waals surface area contributed by atoms with Crippen LogP contribution in [0.15, 0.2) is 40.8 Å². The zero-order valence-corrected chi connectivity index (χ0v) is 10.2. The van der Waals surface area contributed by atoms with Crippen molar-refractivity contribution in [1.29, 1.82) is 0 Å². The molecule has 0 aliphatic rings. The molecule has 0 saturated heterocycles. The predicted molar refractivity (Wildman–Crippen MR) is 70.6 cm³/mol. The average molecular weight is 257 g/mol. The van der Waals surface area contributed by atoms with Gasteiger partial charge in [-0.1, -0.05) is 12.1 Å². The van der Waals surface area contributed by atoms with Crippen LogP contribution in [0.1, 0.15) is 11.3 Å². The maximum absolute atomic E-state index is 10.9. The number of nitro groups is 1. The van der Waals surface area contributed by atoms with Crippen LogP contribution in [0.3, 0.4) is 0 Å². The molecular formula is C14H11NO4. The third kappa shape index (κ3) is 2.77. The summed E-state index contributed by atoms with van der Waals surface area (Å²) in [6, 6.07) is 8.31. The maximum Gasteiger partial charge on any atom is 0.273 e. The van der Waals surface area contributed by atoms with Crippen LogP contribution in [0.5, 0.6) is 0 Å². The fraction of sp³-hybridized carbons (Fsp3) is 0.0714. The third-order valence-corrected chi connectivity index (χ3v) is 2.66. The highest BCUT2D eigenvalue weighted by atomic mass is 16.6. The van der Waals surface area contributed by atoms with Crippen LogP contribution >= 0.6 is 0 Å². The number of rotatable bonds is 4. The van der Waals surface area contributed by atoms with Gasteiger partial charge in [0, 0.05) is 17.2 Å². The van der Waals surface area contributed by atoms with Crippen molar-refractivity contribution in [1.82, 2.24) is 0 Å². The molecule has 0 atom stereocenters. The number of allylic oxidation sites excluding steroid dienone is 1. The van der Waals surface area contributed by atoms with Gasteiger partial charge >= 0.3 is 0 Å². The van der Waals surface area contributed by atoms with Crippen molar-refractivity contribution in [2.24, 2.45) is 0 Å². The van der Waals surface area contributed by atoms with E-state index in [9.17, 15) is 14.9 Å². The lowest BCUT2D eigenvalue weighted by molar-refractivity contribution is -0.385. The lowest BCUT2D eigenvalue weighted by atomic mass is 10.1. The number of nitro benzene ring substituents is 1. The first-order valence-corrected chi connectivity index (χ1v) is 5.59. The van der Waals surface area contributed by atoms with E-state index in [2.05, 4.69) is 0 Å². The van der Waals surface area contributed by atoms with Gasteiger partial charge in [-0.2, -0.15) is 0 Å². The Hall–Kier alpha value is -2.69. The SMILES string of the molecule is Cc1ccc(-c2ccc(/C=C/C=O)o2)cc1[N+](=O)[O-]. The number of aryl methyl sites for hydroxylation is 1. The van der Waals surface area contributed by atoms with E-state index in [0.717, 1.165) is 0 Å². The molecule has 19 heavy (non-hydrogen) atoms. The van der Waals surface area contributed by atoms with Gasteiger partial charge in [0.05, 0.1) is 4.92 Å². The summed E-state index contributed by atoms with van der Waals surface area (Å²) in [5.74, 6) is 1.04. The Kier molecular flexibility index (Phi) is 3.56. The quantitative estimate of drug-likeness (QED) is 0.364. The first-order chi connectivity index (χ1) is 9.11. The van der Waals surface area contributed by atoms with E-state index in [1.54, 1.807) is 31.2 Å². The van der Waals surface area contributed by atoms with Gasteiger partial charge in [-0.25, -0.2) is 0 Å². The van der Waals surface area contributed by atoms with Gasteiger partial charge in [0.1, 0.15) is 17.8 Å². The summed E-state index contributed by atoms with van der Waals surface area (Å²) in [6.45, 7) is 1.68. The monoisotopic (exact) mass is 257 g/mol. The first-order valence-electron chi connectivity index (χ1n) is 5.59. The van der Waals surface area contributed by atoms with Crippen molar-refractivity contribution >= 4 is 18.0 Å². The summed E-state index contributed by atoms with van der Waals surface area (Å²) in [7, 11) is 0. The molecule has 2 aromatic rings. The van der Waals surface area contributed by atoms with E-state index in [1.165, 1.54) is 18.2 Å². The van der Waals surface area contributed by atoms with Crippen molar-refractivity contribution in [3.63, 3.8) is 0 Å². The molecule has 0 N–H and O–H groups in total. The molecule has 5 heteroatoms. The molecular weight excluding hydrogens is 246 g/mol. The molecule has 0 spiro atoms. The highest BCUT2D eigenvalue weighted by molar-refractivity contribution is 5.73. The highest BCUT2D eigenvalue weighted by Crippen LogP contribution is 2.28. The molecule has 0 fully saturated rings. The Balaban J connectivity index is 2.39. The zero-order chi connectivity index (χ0) is 13.8. The number of nitrogens with zero attached hydrogens (tertiary/aromatic N) is 1. The third-order valence-electron chi connectivity index (χ3n) is 2.66. The van der Waals surface area contributed by atoms with Gasteiger partial charge in [-0.15, -0.1) is 0 Å². The molecule has 0 unspecified atom stereocenters. The lowest BCUT2D eigenvalue weighted by Gasteiger charge is -2.00. The van der Waals surface area contributed by atoms with E-state index in [-0.39, 0.29) is 5.69 Å². The predicted octanol–water partition coefficient (Wildman–Crippen LogP) is 3.38. The molecule has 0 aliphatic heterocycles. The second-order valence-electron chi connectivity index (χ2n) is 3.96. The molecule has 1 aromatic carbocycles. The number of carbonyl (C=O) groups is 1. The van der Waals surface area contributed by atoms with Crippen LogP contribution in [-0.4, -0.2) is 11.2 Å². The van der Waals surface area contributed by atoms with Crippen molar-refractivity contribution in [3.05, 3.63) is 57.8 Å². The molecule has 1 heterocycles. The molecule has 0 bridgehead atoms. The molecule has 1 aromatic heterocycles. The summed E-state index contributed by atoms with van der Waals surface area (Å²) in [4.78, 5) is 20.7. The van der Waals surface area contributed by atoms with Gasteiger partial charge in [0.2, 0.25) is 0 Å². The Bertz CT molecular complexity index is 655. The lowest BCUT2D eigenvalue weighted by Crippen LogP contribution is -1.91. The normalized spacial score (nSPS) is 10.8. The molecule has 0 saturated carbocycles. The molecule has 0 radical (unpaired) electrons. The molecule has 96 valence electrons. The van der Waals surface area contributed by atoms with E-state index in [0.29, 0.717) is 28.9 Å². The highest BCUT2D eigenvalue weighted by Gasteiger charge is 2.13. The first kappa shape index (κ1) is 12.8. The number of carbonyl (C=O) groups excluding carboxylic acids is 1. The largest absolute Gasteiger partial charge is 0.457 e. The smallest absolute Gasteiger partial charge is 0.273 e. The average Bonchev–Trinajstić information content (AvgIpc) is 2.85. The number of benzene rings is 1. The van der Waals surface area contributed by atoms with Crippen LogP contribution in [0.25, 0.3) is 17.4 Å². The Morgan fingerprint density at radius 3 is 2.74 bits per heavy atom. The molecule has 0 amide bonds. The topological polar surface area (TPSA) is 73.3 Å². The van der Waals surface area contributed by atoms with E-state index in [4.69, 9.17) is 4.42 Å². The Morgan fingerprint density at radius 2 is 2.05 bits per heavy atom. The fourth-order valence-electron chi connectivity index (χ4n) is 1.69. The Morgan fingerprint density at radius 1 is 1.26 bits per heavy atom. The van der Waals surface area contributed by atoms with E-state index in [1.807, 2.05) is 0 Å². The maximum atomic E-state index is 10.9. The minimum absolute atomic E-state index is 0.0545. The number of furan rings is 1. The van der Waals surface area contributed by atoms with Crippen molar-refractivity contribution in [2.45, 2.75) is 6.92 Å². The van der Waals surface area contributed by atoms with Crippen LogP contribution in [-0.2, 0) is 4.79 Å². The van der Waals surface area contributed by atoms with E-state index >= 15 is 0 Å². The summed E-state index contributed by atoms with van der Waals surface area (Å²) in [5, 5.41) is 10.9. The van der Waals surface area contributed by atoms with Crippen molar-refractivity contribution in [3.8, 4) is 11.3 Å². The van der Waals surface area contributed by atoms with Crippen LogP contribution < -0.4 is 0 Å². The summed E-state index contributed by atoms with van der Waals surface area (Å²) >= 11 is 0. The van der Waals surface area contributed by atoms with Crippen molar-refractivity contribution in [2.75, 3.05) is 0 Å². The molecule has 5 nitrogen and oxygen atoms in total. The number of hydrogen-bond acceptors (Lipinski definition) is 4. The minimum Gasteiger partial charge on any atom is -0.457 e. The number of aldehydes is 1. The van der Waals surface area contributed by atoms with Gasteiger partial charge in [0.15, 0.2) is 0 Å². The van der Waals surface area contributed by atoms with Gasteiger partial charge in [-0.05, 0) is 31.2 Å². The van der Waals surface area contributed by atoms with E-state index < -0.39 is 4.92 Å². The summed E-state index contributed by atoms with van der Waals surface area (Å²) in [5.41, 5.74) is 1.28. The number of hydrogen-bond donors (Lipinski definition) is 0. The minimum atomic E-state index is -0.422. The molecule has 0 aliphatic carbocycles. The summed E-state index contributed by atoms with van der Waals surface area (Å²) < 4.78 is 5.48. The summed E-state index contributed by atoms with van der Waals surface area (Å²) in [6.07, 6.45) is 3.50. The van der Waals surface area contributed by atoms with Crippen LogP contribution in [0, 0.1) is 17.0 Å². The van der Waals surface area contributed by atoms with Gasteiger partial charge < -0.3 is 4.42 Å². The van der Waals surface area contributed by atoms with Crippen LogP contribution in [0.4, 0.5) is 5.69 Å². The Labute approximate surface area is 109 Å². The zero-order valence-electron chi connectivity index (χ0n) is 10.2. The second-order valence-corrected chi connectivity index (χ2v) is 3.96. The van der Waals surface area contributed by atoms with Gasteiger partial charge in [-0.3, -0.25) is 14.9 Å². The van der Waals surface area contributed by atoms with Crippen LogP contribution in [0.2, 0.25) is 0 Å². The molecule has 2 rings (SSSR count). The second kappa shape index (κ2) is 5.30.